The highest BCUT2D eigenvalue weighted by atomic mass is 79.9. The van der Waals surface area contributed by atoms with E-state index in [0.717, 1.165) is 31.9 Å². The molecule has 0 bridgehead atoms. The van der Waals surface area contributed by atoms with E-state index < -0.39 is 0 Å². The summed E-state index contributed by atoms with van der Waals surface area (Å²) in [5, 5.41) is 15.9. The Morgan fingerprint density at radius 3 is 2.41 bits per heavy atom. The third kappa shape index (κ3) is 3.43. The van der Waals surface area contributed by atoms with Crippen LogP contribution in [0, 0.1) is 0 Å². The molecule has 1 aliphatic rings. The molecule has 1 heterocycles. The lowest BCUT2D eigenvalue weighted by atomic mass is 10.2. The molecule has 17 heavy (non-hydrogen) atoms. The van der Waals surface area contributed by atoms with E-state index >= 15 is 0 Å². The van der Waals surface area contributed by atoms with Crippen LogP contribution in [0.2, 0.25) is 0 Å². The fourth-order valence-electron chi connectivity index (χ4n) is 1.48. The zero-order valence-electron chi connectivity index (χ0n) is 9.07. The van der Waals surface area contributed by atoms with Crippen LogP contribution in [0.4, 0.5) is 0 Å². The number of hydrogen-bond acceptors (Lipinski definition) is 4. The van der Waals surface area contributed by atoms with Gasteiger partial charge in [0, 0.05) is 0 Å². The first-order valence-electron chi connectivity index (χ1n) is 5.21. The molecular weight excluding hydrogens is 352 g/mol. The van der Waals surface area contributed by atoms with Gasteiger partial charge in [-0.1, -0.05) is 0 Å². The molecule has 0 aromatic heterocycles. The van der Waals surface area contributed by atoms with Gasteiger partial charge in [0.2, 0.25) is 0 Å². The third-order valence-electron chi connectivity index (χ3n) is 2.40. The first-order valence-corrected chi connectivity index (χ1v) is 6.80. The molecule has 1 saturated heterocycles. The van der Waals surface area contributed by atoms with Crippen molar-refractivity contribution < 1.29 is 9.84 Å². The normalized spacial score (nSPS) is 16.7. The number of hydrogen-bond donors (Lipinski definition) is 1. The van der Waals surface area contributed by atoms with Crippen molar-refractivity contribution in [1.82, 2.24) is 5.01 Å². The van der Waals surface area contributed by atoms with Crippen molar-refractivity contribution in [3.63, 3.8) is 0 Å². The summed E-state index contributed by atoms with van der Waals surface area (Å²) in [5.41, 5.74) is 0.924. The topological polar surface area (TPSA) is 45.1 Å². The molecule has 6 heteroatoms. The van der Waals surface area contributed by atoms with Crippen molar-refractivity contribution in [2.75, 3.05) is 26.3 Å². The molecule has 0 aliphatic carbocycles. The number of morpholine rings is 1. The van der Waals surface area contributed by atoms with E-state index in [1.165, 1.54) is 0 Å². The summed E-state index contributed by atoms with van der Waals surface area (Å²) in [6.45, 7) is 3.08. The van der Waals surface area contributed by atoms with Crippen molar-refractivity contribution in [3.8, 4) is 5.75 Å². The third-order valence-corrected chi connectivity index (χ3v) is 3.61. The SMILES string of the molecule is Oc1c(Br)cc(/C=N/N2CCOCC2)cc1Br. The summed E-state index contributed by atoms with van der Waals surface area (Å²) in [5.74, 6) is 0.202. The average molecular weight is 364 g/mol. The Bertz CT molecular complexity index is 408. The summed E-state index contributed by atoms with van der Waals surface area (Å²) >= 11 is 6.58. The average Bonchev–Trinajstić information content (AvgIpc) is 2.34. The van der Waals surface area contributed by atoms with Gasteiger partial charge in [0.15, 0.2) is 0 Å². The van der Waals surface area contributed by atoms with Gasteiger partial charge in [-0.3, -0.25) is 5.01 Å². The fraction of sp³-hybridized carbons (Fsp3) is 0.364. The van der Waals surface area contributed by atoms with Gasteiger partial charge in [0.05, 0.1) is 41.5 Å². The molecule has 0 radical (unpaired) electrons. The Labute approximate surface area is 117 Å². The lowest BCUT2D eigenvalue weighted by Crippen LogP contribution is -2.32. The van der Waals surface area contributed by atoms with Gasteiger partial charge in [-0.25, -0.2) is 0 Å². The number of ether oxygens (including phenoxy) is 1. The van der Waals surface area contributed by atoms with Crippen molar-refractivity contribution in [2.24, 2.45) is 5.10 Å². The Morgan fingerprint density at radius 2 is 1.82 bits per heavy atom. The number of nitrogens with zero attached hydrogens (tertiary/aromatic N) is 2. The van der Waals surface area contributed by atoms with Gasteiger partial charge in [-0.05, 0) is 49.6 Å². The smallest absolute Gasteiger partial charge is 0.143 e. The monoisotopic (exact) mass is 362 g/mol. The van der Waals surface area contributed by atoms with Crippen molar-refractivity contribution >= 4 is 38.1 Å². The summed E-state index contributed by atoms with van der Waals surface area (Å²) in [6.07, 6.45) is 1.78. The number of benzene rings is 1. The number of aromatic hydroxyl groups is 1. The number of rotatable bonds is 2. The van der Waals surface area contributed by atoms with Gasteiger partial charge in [0.1, 0.15) is 5.75 Å². The maximum atomic E-state index is 9.58. The van der Waals surface area contributed by atoms with Gasteiger partial charge in [-0.2, -0.15) is 5.10 Å². The van der Waals surface area contributed by atoms with E-state index in [2.05, 4.69) is 37.0 Å². The molecule has 2 rings (SSSR count). The van der Waals surface area contributed by atoms with E-state index in [-0.39, 0.29) is 5.75 Å². The summed E-state index contributed by atoms with van der Waals surface area (Å²) in [7, 11) is 0. The number of halogens is 2. The summed E-state index contributed by atoms with van der Waals surface area (Å²) in [6, 6.07) is 3.65. The Morgan fingerprint density at radius 1 is 1.24 bits per heavy atom. The minimum atomic E-state index is 0.202. The van der Waals surface area contributed by atoms with Gasteiger partial charge >= 0.3 is 0 Å². The Hall–Kier alpha value is -0.590. The molecule has 4 nitrogen and oxygen atoms in total. The summed E-state index contributed by atoms with van der Waals surface area (Å²) in [4.78, 5) is 0. The van der Waals surface area contributed by atoms with Crippen LogP contribution in [0.5, 0.6) is 5.75 Å². The van der Waals surface area contributed by atoms with Gasteiger partial charge in [0.25, 0.3) is 0 Å². The largest absolute Gasteiger partial charge is 0.506 e. The molecule has 0 unspecified atom stereocenters. The van der Waals surface area contributed by atoms with Crippen LogP contribution in [0.1, 0.15) is 5.56 Å². The predicted octanol–water partition coefficient (Wildman–Crippen LogP) is 2.58. The minimum absolute atomic E-state index is 0.202. The number of hydrazone groups is 1. The zero-order valence-corrected chi connectivity index (χ0v) is 12.2. The van der Waals surface area contributed by atoms with E-state index in [9.17, 15) is 5.11 Å². The second-order valence-electron chi connectivity index (χ2n) is 3.64. The molecule has 0 atom stereocenters. The highest BCUT2D eigenvalue weighted by molar-refractivity contribution is 9.11. The highest BCUT2D eigenvalue weighted by Gasteiger charge is 2.07. The molecular formula is C11H12Br2N2O2. The molecule has 1 aromatic carbocycles. The minimum Gasteiger partial charge on any atom is -0.506 e. The molecule has 1 fully saturated rings. The Balaban J connectivity index is 2.10. The first-order chi connectivity index (χ1) is 8.16. The van der Waals surface area contributed by atoms with Crippen LogP contribution in [0.25, 0.3) is 0 Å². The van der Waals surface area contributed by atoms with E-state index in [1.807, 2.05) is 17.1 Å². The molecule has 0 amide bonds. The van der Waals surface area contributed by atoms with Crippen molar-refractivity contribution in [2.45, 2.75) is 0 Å². The molecule has 92 valence electrons. The summed E-state index contributed by atoms with van der Waals surface area (Å²) < 4.78 is 6.54. The van der Waals surface area contributed by atoms with Crippen molar-refractivity contribution in [3.05, 3.63) is 26.6 Å². The van der Waals surface area contributed by atoms with Crippen LogP contribution in [-0.2, 0) is 4.74 Å². The number of phenolic OH excluding ortho intramolecular Hbond substituents is 1. The zero-order chi connectivity index (χ0) is 12.3. The second kappa shape index (κ2) is 5.84. The van der Waals surface area contributed by atoms with Gasteiger partial charge < -0.3 is 9.84 Å². The van der Waals surface area contributed by atoms with Crippen LogP contribution in [0.3, 0.4) is 0 Å². The second-order valence-corrected chi connectivity index (χ2v) is 5.35. The first kappa shape index (κ1) is 12.9. The molecule has 1 N–H and O–H groups in total. The quantitative estimate of drug-likeness (QED) is 0.821. The molecule has 1 aliphatic heterocycles. The van der Waals surface area contributed by atoms with E-state index in [1.54, 1.807) is 6.21 Å². The highest BCUT2D eigenvalue weighted by Crippen LogP contribution is 2.32. The molecule has 0 saturated carbocycles. The van der Waals surface area contributed by atoms with Crippen LogP contribution in [-0.4, -0.2) is 42.6 Å². The predicted molar refractivity (Wildman–Crippen MR) is 73.5 cm³/mol. The lowest BCUT2D eigenvalue weighted by molar-refractivity contribution is 0.0397. The fourth-order valence-corrected chi connectivity index (χ4v) is 2.70. The molecule has 0 spiro atoms. The van der Waals surface area contributed by atoms with E-state index in [0.29, 0.717) is 8.95 Å². The number of phenols is 1. The van der Waals surface area contributed by atoms with Crippen molar-refractivity contribution in [1.29, 1.82) is 0 Å². The molecule has 1 aromatic rings. The van der Waals surface area contributed by atoms with Crippen LogP contribution >= 0.6 is 31.9 Å². The Kier molecular flexibility index (Phi) is 4.42. The standard InChI is InChI=1S/C11H12Br2N2O2/c12-9-5-8(6-10(13)11(9)16)7-14-15-1-3-17-4-2-15/h5-7,16H,1-4H2/b14-7+. The maximum Gasteiger partial charge on any atom is 0.143 e. The lowest BCUT2D eigenvalue weighted by Gasteiger charge is -2.23. The van der Waals surface area contributed by atoms with E-state index in [4.69, 9.17) is 4.74 Å². The van der Waals surface area contributed by atoms with Crippen LogP contribution < -0.4 is 0 Å². The van der Waals surface area contributed by atoms with Gasteiger partial charge in [-0.15, -0.1) is 0 Å². The maximum absolute atomic E-state index is 9.58. The van der Waals surface area contributed by atoms with Crippen LogP contribution in [0.15, 0.2) is 26.2 Å².